The molecular formula is C13H18N2O2. The number of hydrogen-bond donors (Lipinski definition) is 2. The van der Waals surface area contributed by atoms with Gasteiger partial charge in [0.1, 0.15) is 11.5 Å². The molecule has 0 saturated carbocycles. The summed E-state index contributed by atoms with van der Waals surface area (Å²) in [4.78, 5) is 3.36. The summed E-state index contributed by atoms with van der Waals surface area (Å²) in [6.07, 6.45) is 0. The van der Waals surface area contributed by atoms with Crippen molar-refractivity contribution in [1.29, 1.82) is 0 Å². The third-order valence-electron chi connectivity index (χ3n) is 2.96. The Morgan fingerprint density at radius 1 is 1.24 bits per heavy atom. The maximum absolute atomic E-state index is 5.44. The van der Waals surface area contributed by atoms with Gasteiger partial charge in [-0.25, -0.2) is 0 Å². The average molecular weight is 234 g/mol. The van der Waals surface area contributed by atoms with Gasteiger partial charge in [-0.2, -0.15) is 0 Å². The third-order valence-corrected chi connectivity index (χ3v) is 2.96. The minimum Gasteiger partial charge on any atom is -0.497 e. The molecule has 2 aromatic rings. The molecule has 1 aromatic heterocycles. The lowest BCUT2D eigenvalue weighted by Gasteiger charge is -2.07. The van der Waals surface area contributed by atoms with Crippen molar-refractivity contribution in [3.63, 3.8) is 0 Å². The van der Waals surface area contributed by atoms with E-state index >= 15 is 0 Å². The van der Waals surface area contributed by atoms with Crippen molar-refractivity contribution < 1.29 is 9.47 Å². The van der Waals surface area contributed by atoms with E-state index in [0.29, 0.717) is 0 Å². The summed E-state index contributed by atoms with van der Waals surface area (Å²) in [6.45, 7) is 2.88. The molecule has 4 heteroatoms. The zero-order chi connectivity index (χ0) is 12.4. The summed E-state index contributed by atoms with van der Waals surface area (Å²) in [5, 5.41) is 4.30. The lowest BCUT2D eigenvalue weighted by atomic mass is 10.1. The fourth-order valence-electron chi connectivity index (χ4n) is 2.14. The highest BCUT2D eigenvalue weighted by Gasteiger charge is 2.14. The highest BCUT2D eigenvalue weighted by molar-refractivity contribution is 5.91. The quantitative estimate of drug-likeness (QED) is 0.852. The molecular weight excluding hydrogens is 216 g/mol. The van der Waals surface area contributed by atoms with Gasteiger partial charge < -0.3 is 19.8 Å². The molecule has 1 aromatic carbocycles. The normalized spacial score (nSPS) is 10.8. The second-order valence-electron chi connectivity index (χ2n) is 4.01. The number of H-pyrrole nitrogens is 1. The molecule has 0 fully saturated rings. The second-order valence-corrected chi connectivity index (χ2v) is 4.01. The van der Waals surface area contributed by atoms with Gasteiger partial charge in [-0.05, 0) is 19.5 Å². The molecule has 92 valence electrons. The zero-order valence-corrected chi connectivity index (χ0v) is 10.7. The Hall–Kier alpha value is -1.68. The highest BCUT2D eigenvalue weighted by Crippen LogP contribution is 2.34. The largest absolute Gasteiger partial charge is 0.497 e. The summed E-state index contributed by atoms with van der Waals surface area (Å²) >= 11 is 0. The number of aryl methyl sites for hydroxylation is 1. The number of benzene rings is 1. The van der Waals surface area contributed by atoms with Crippen LogP contribution in [0.4, 0.5) is 0 Å². The molecule has 1 heterocycles. The Morgan fingerprint density at radius 2 is 2.00 bits per heavy atom. The number of nitrogens with one attached hydrogen (secondary N) is 2. The van der Waals surface area contributed by atoms with E-state index in [1.165, 1.54) is 5.56 Å². The smallest absolute Gasteiger partial charge is 0.132 e. The van der Waals surface area contributed by atoms with Crippen LogP contribution in [0.15, 0.2) is 12.1 Å². The van der Waals surface area contributed by atoms with Crippen molar-refractivity contribution in [2.75, 3.05) is 21.3 Å². The molecule has 0 aliphatic carbocycles. The SMILES string of the molecule is CNCc1c(C)[nH]c2cc(OC)cc(OC)c12. The van der Waals surface area contributed by atoms with Gasteiger partial charge in [0, 0.05) is 29.8 Å². The van der Waals surface area contributed by atoms with Crippen LogP contribution in [0.2, 0.25) is 0 Å². The topological polar surface area (TPSA) is 46.3 Å². The summed E-state index contributed by atoms with van der Waals surface area (Å²) in [5.74, 6) is 1.64. The molecule has 17 heavy (non-hydrogen) atoms. The standard InChI is InChI=1S/C13H18N2O2/c1-8-10(7-14-2)13-11(15-8)5-9(16-3)6-12(13)17-4/h5-6,14-15H,7H2,1-4H3. The van der Waals surface area contributed by atoms with Crippen molar-refractivity contribution in [3.05, 3.63) is 23.4 Å². The molecule has 0 amide bonds. The van der Waals surface area contributed by atoms with Crippen molar-refractivity contribution in [1.82, 2.24) is 10.3 Å². The summed E-state index contributed by atoms with van der Waals surface area (Å²) in [5.41, 5.74) is 3.44. The number of methoxy groups -OCH3 is 2. The van der Waals surface area contributed by atoms with Gasteiger partial charge >= 0.3 is 0 Å². The van der Waals surface area contributed by atoms with Crippen LogP contribution in [0.1, 0.15) is 11.3 Å². The fraction of sp³-hybridized carbons (Fsp3) is 0.385. The minimum absolute atomic E-state index is 0.798. The molecule has 0 atom stereocenters. The molecule has 0 saturated heterocycles. The molecule has 0 radical (unpaired) electrons. The van der Waals surface area contributed by atoms with Crippen LogP contribution >= 0.6 is 0 Å². The van der Waals surface area contributed by atoms with E-state index in [1.54, 1.807) is 14.2 Å². The Bertz CT molecular complexity index is 532. The number of fused-ring (bicyclic) bond motifs is 1. The first kappa shape index (κ1) is 11.8. The van der Waals surface area contributed by atoms with Crippen molar-refractivity contribution in [2.45, 2.75) is 13.5 Å². The Kier molecular flexibility index (Phi) is 3.24. The van der Waals surface area contributed by atoms with E-state index in [4.69, 9.17) is 9.47 Å². The molecule has 4 nitrogen and oxygen atoms in total. The van der Waals surface area contributed by atoms with Crippen LogP contribution in [-0.4, -0.2) is 26.3 Å². The predicted octanol–water partition coefficient (Wildman–Crippen LogP) is 2.21. The number of rotatable bonds is 4. The van der Waals surface area contributed by atoms with Gasteiger partial charge in [-0.1, -0.05) is 0 Å². The lowest BCUT2D eigenvalue weighted by molar-refractivity contribution is 0.398. The number of aromatic amines is 1. The highest BCUT2D eigenvalue weighted by atomic mass is 16.5. The Balaban J connectivity index is 2.71. The average Bonchev–Trinajstić information content (AvgIpc) is 2.65. The van der Waals surface area contributed by atoms with Crippen molar-refractivity contribution >= 4 is 10.9 Å². The van der Waals surface area contributed by atoms with Gasteiger partial charge in [0.15, 0.2) is 0 Å². The lowest BCUT2D eigenvalue weighted by Crippen LogP contribution is -2.05. The summed E-state index contributed by atoms with van der Waals surface area (Å²) in [6, 6.07) is 3.90. The maximum Gasteiger partial charge on any atom is 0.132 e. The van der Waals surface area contributed by atoms with Crippen molar-refractivity contribution in [2.24, 2.45) is 0 Å². The van der Waals surface area contributed by atoms with Crippen LogP contribution < -0.4 is 14.8 Å². The van der Waals surface area contributed by atoms with Crippen LogP contribution in [0.3, 0.4) is 0 Å². The third kappa shape index (κ3) is 1.96. The van der Waals surface area contributed by atoms with Gasteiger partial charge in [0.05, 0.1) is 19.7 Å². The summed E-state index contributed by atoms with van der Waals surface area (Å²) < 4.78 is 10.7. The number of aromatic nitrogens is 1. The first-order chi connectivity index (χ1) is 8.21. The van der Waals surface area contributed by atoms with Gasteiger partial charge in [0.25, 0.3) is 0 Å². The number of ether oxygens (including phenoxy) is 2. The fourth-order valence-corrected chi connectivity index (χ4v) is 2.14. The molecule has 0 spiro atoms. The first-order valence-corrected chi connectivity index (χ1v) is 5.59. The Labute approximate surface area is 101 Å². The van der Waals surface area contributed by atoms with E-state index in [-0.39, 0.29) is 0 Å². The minimum atomic E-state index is 0.798. The number of hydrogen-bond acceptors (Lipinski definition) is 3. The van der Waals surface area contributed by atoms with Crippen LogP contribution in [0.5, 0.6) is 11.5 Å². The molecule has 2 rings (SSSR count). The van der Waals surface area contributed by atoms with E-state index in [1.807, 2.05) is 19.2 Å². The van der Waals surface area contributed by atoms with Gasteiger partial charge in [-0.15, -0.1) is 0 Å². The zero-order valence-electron chi connectivity index (χ0n) is 10.7. The van der Waals surface area contributed by atoms with Crippen LogP contribution in [0.25, 0.3) is 10.9 Å². The molecule has 0 aliphatic heterocycles. The van der Waals surface area contributed by atoms with Gasteiger partial charge in [-0.3, -0.25) is 0 Å². The van der Waals surface area contributed by atoms with Crippen LogP contribution in [-0.2, 0) is 6.54 Å². The molecule has 0 aliphatic rings. The maximum atomic E-state index is 5.44. The van der Waals surface area contributed by atoms with E-state index in [9.17, 15) is 0 Å². The van der Waals surface area contributed by atoms with E-state index in [2.05, 4.69) is 17.2 Å². The first-order valence-electron chi connectivity index (χ1n) is 5.59. The monoisotopic (exact) mass is 234 g/mol. The Morgan fingerprint density at radius 3 is 2.59 bits per heavy atom. The molecule has 0 unspecified atom stereocenters. The van der Waals surface area contributed by atoms with Crippen LogP contribution in [0, 0.1) is 6.92 Å². The van der Waals surface area contributed by atoms with E-state index < -0.39 is 0 Å². The predicted molar refractivity (Wildman–Crippen MR) is 68.9 cm³/mol. The van der Waals surface area contributed by atoms with E-state index in [0.717, 1.165) is 34.6 Å². The molecule has 0 bridgehead atoms. The molecule has 2 N–H and O–H groups in total. The second kappa shape index (κ2) is 4.67. The van der Waals surface area contributed by atoms with Crippen molar-refractivity contribution in [3.8, 4) is 11.5 Å². The van der Waals surface area contributed by atoms with Gasteiger partial charge in [0.2, 0.25) is 0 Å². The summed E-state index contributed by atoms with van der Waals surface area (Å²) in [7, 11) is 5.28.